The van der Waals surface area contributed by atoms with Crippen molar-refractivity contribution in [1.82, 2.24) is 15.4 Å². The summed E-state index contributed by atoms with van der Waals surface area (Å²) in [6.45, 7) is 0.277. The van der Waals surface area contributed by atoms with Gasteiger partial charge in [-0.15, -0.1) is 0 Å². The normalized spacial score (nSPS) is 11.1. The maximum absolute atomic E-state index is 13.2. The summed E-state index contributed by atoms with van der Waals surface area (Å²) in [5, 5.41) is 3.95. The van der Waals surface area contributed by atoms with Gasteiger partial charge in [0.15, 0.2) is 5.82 Å². The first-order valence-electron chi connectivity index (χ1n) is 8.93. The third kappa shape index (κ3) is 4.65. The van der Waals surface area contributed by atoms with Crippen molar-refractivity contribution < 1.29 is 13.9 Å². The van der Waals surface area contributed by atoms with E-state index in [1.807, 2.05) is 24.3 Å². The fourth-order valence-corrected chi connectivity index (χ4v) is 2.72. The van der Waals surface area contributed by atoms with Crippen LogP contribution in [0, 0.1) is 5.82 Å². The van der Waals surface area contributed by atoms with E-state index in [4.69, 9.17) is 4.74 Å². The van der Waals surface area contributed by atoms with E-state index in [0.29, 0.717) is 5.75 Å². The fraction of sp³-hybridized carbons (Fsp3) is 0.0455. The Balaban J connectivity index is 1.32. The number of hydrogen-bond donors (Lipinski definition) is 2. The molecule has 6 nitrogen and oxygen atoms in total. The molecule has 2 N–H and O–H groups in total. The molecule has 0 saturated carbocycles. The fourth-order valence-electron chi connectivity index (χ4n) is 2.72. The summed E-state index contributed by atoms with van der Waals surface area (Å²) in [5.41, 5.74) is 5.49. The first kappa shape index (κ1) is 18.4. The number of aromatic nitrogens is 2. The molecule has 1 amide bonds. The lowest BCUT2D eigenvalue weighted by Gasteiger charge is -2.06. The van der Waals surface area contributed by atoms with Crippen molar-refractivity contribution in [2.24, 2.45) is 5.10 Å². The van der Waals surface area contributed by atoms with Gasteiger partial charge in [-0.05, 0) is 59.7 Å². The van der Waals surface area contributed by atoms with Crippen LogP contribution in [0.4, 0.5) is 4.39 Å². The van der Waals surface area contributed by atoms with Gasteiger partial charge < -0.3 is 9.72 Å². The maximum atomic E-state index is 13.2. The summed E-state index contributed by atoms with van der Waals surface area (Å²) in [6, 6.07) is 20.8. The molecule has 0 saturated heterocycles. The van der Waals surface area contributed by atoms with E-state index in [0.717, 1.165) is 22.2 Å². The Hall–Kier alpha value is -4.00. The average Bonchev–Trinajstić information content (AvgIpc) is 3.18. The van der Waals surface area contributed by atoms with Crippen molar-refractivity contribution in [3.63, 3.8) is 0 Å². The van der Waals surface area contributed by atoms with Gasteiger partial charge in [0.25, 0.3) is 0 Å². The molecule has 0 aliphatic rings. The van der Waals surface area contributed by atoms with Gasteiger partial charge in [0, 0.05) is 0 Å². The second-order valence-corrected chi connectivity index (χ2v) is 6.29. The Morgan fingerprint density at radius 1 is 1.10 bits per heavy atom. The molecule has 4 aromatic rings. The topological polar surface area (TPSA) is 79.4 Å². The Morgan fingerprint density at radius 3 is 2.72 bits per heavy atom. The lowest BCUT2D eigenvalue weighted by molar-refractivity contribution is 0.0946. The van der Waals surface area contributed by atoms with Crippen LogP contribution in [-0.2, 0) is 6.61 Å². The van der Waals surface area contributed by atoms with Crippen LogP contribution >= 0.6 is 0 Å². The van der Waals surface area contributed by atoms with E-state index >= 15 is 0 Å². The molecule has 1 heterocycles. The zero-order valence-corrected chi connectivity index (χ0v) is 15.3. The SMILES string of the molecule is O=C(N/N=C/c1ccc(OCc2cccc(F)c2)cc1)c1nc2ccccc2[nH]1. The average molecular weight is 388 g/mol. The highest BCUT2D eigenvalue weighted by Crippen LogP contribution is 2.14. The number of benzene rings is 3. The summed E-state index contributed by atoms with van der Waals surface area (Å²) < 4.78 is 18.8. The lowest BCUT2D eigenvalue weighted by Crippen LogP contribution is -2.19. The molecule has 0 spiro atoms. The summed E-state index contributed by atoms with van der Waals surface area (Å²) in [5.74, 6) is 0.136. The lowest BCUT2D eigenvalue weighted by atomic mass is 10.2. The number of amides is 1. The highest BCUT2D eigenvalue weighted by molar-refractivity contribution is 5.94. The van der Waals surface area contributed by atoms with E-state index in [1.165, 1.54) is 18.3 Å². The summed E-state index contributed by atoms with van der Waals surface area (Å²) in [7, 11) is 0. The molecule has 0 atom stereocenters. The predicted octanol–water partition coefficient (Wildman–Crippen LogP) is 4.04. The van der Waals surface area contributed by atoms with Crippen LogP contribution in [0.3, 0.4) is 0 Å². The van der Waals surface area contributed by atoms with Crippen molar-refractivity contribution in [3.05, 3.63) is 95.6 Å². The van der Waals surface area contributed by atoms with Crippen LogP contribution in [0.2, 0.25) is 0 Å². The molecule has 0 fully saturated rings. The van der Waals surface area contributed by atoms with Crippen LogP contribution in [0.5, 0.6) is 5.75 Å². The van der Waals surface area contributed by atoms with Crippen molar-refractivity contribution in [1.29, 1.82) is 0 Å². The number of imidazole rings is 1. The number of nitrogens with zero attached hydrogens (tertiary/aromatic N) is 2. The van der Waals surface area contributed by atoms with E-state index in [1.54, 1.807) is 36.4 Å². The van der Waals surface area contributed by atoms with Gasteiger partial charge >= 0.3 is 5.91 Å². The molecule has 144 valence electrons. The minimum atomic E-state index is -0.424. The summed E-state index contributed by atoms with van der Waals surface area (Å²) in [6.07, 6.45) is 1.52. The predicted molar refractivity (Wildman–Crippen MR) is 108 cm³/mol. The Labute approximate surface area is 166 Å². The number of fused-ring (bicyclic) bond motifs is 1. The molecule has 0 aliphatic carbocycles. The van der Waals surface area contributed by atoms with Gasteiger partial charge in [-0.1, -0.05) is 24.3 Å². The number of hydrogen-bond acceptors (Lipinski definition) is 4. The summed E-state index contributed by atoms with van der Waals surface area (Å²) in [4.78, 5) is 19.3. The molecule has 29 heavy (non-hydrogen) atoms. The van der Waals surface area contributed by atoms with Crippen LogP contribution in [-0.4, -0.2) is 22.1 Å². The number of halogens is 1. The van der Waals surface area contributed by atoms with Crippen LogP contribution in [0.15, 0.2) is 77.9 Å². The minimum Gasteiger partial charge on any atom is -0.489 e. The van der Waals surface area contributed by atoms with E-state index in [2.05, 4.69) is 20.5 Å². The number of H-pyrrole nitrogens is 1. The number of aromatic amines is 1. The molecule has 0 aliphatic heterocycles. The van der Waals surface area contributed by atoms with Crippen molar-refractivity contribution in [2.75, 3.05) is 0 Å². The van der Waals surface area contributed by atoms with Crippen LogP contribution < -0.4 is 10.2 Å². The molecule has 1 aromatic heterocycles. The molecule has 3 aromatic carbocycles. The first-order chi connectivity index (χ1) is 14.2. The Morgan fingerprint density at radius 2 is 1.93 bits per heavy atom. The highest BCUT2D eigenvalue weighted by Gasteiger charge is 2.09. The molecular formula is C22H17FN4O2. The van der Waals surface area contributed by atoms with Crippen LogP contribution in [0.1, 0.15) is 21.7 Å². The summed E-state index contributed by atoms with van der Waals surface area (Å²) >= 11 is 0. The van der Waals surface area contributed by atoms with Crippen molar-refractivity contribution in [3.8, 4) is 5.75 Å². The monoisotopic (exact) mass is 388 g/mol. The van der Waals surface area contributed by atoms with Gasteiger partial charge in [-0.3, -0.25) is 4.79 Å². The molecule has 0 radical (unpaired) electrons. The molecule has 7 heteroatoms. The molecule has 0 bridgehead atoms. The Bertz CT molecular complexity index is 1140. The molecule has 4 rings (SSSR count). The third-order valence-corrected chi connectivity index (χ3v) is 4.16. The van der Waals surface area contributed by atoms with Gasteiger partial charge in [-0.2, -0.15) is 5.10 Å². The van der Waals surface area contributed by atoms with E-state index in [-0.39, 0.29) is 18.2 Å². The second-order valence-electron chi connectivity index (χ2n) is 6.29. The number of carbonyl (C=O) groups excluding carboxylic acids is 1. The standard InChI is InChI=1S/C22H17FN4O2/c23-17-5-3-4-16(12-17)14-29-18-10-8-15(9-11-18)13-24-27-22(28)21-25-19-6-1-2-7-20(19)26-21/h1-13H,14H2,(H,25,26)(H,27,28)/b24-13+. The van der Waals surface area contributed by atoms with Gasteiger partial charge in [0.05, 0.1) is 17.2 Å². The van der Waals surface area contributed by atoms with Crippen molar-refractivity contribution in [2.45, 2.75) is 6.61 Å². The number of nitrogens with one attached hydrogen (secondary N) is 2. The van der Waals surface area contributed by atoms with Gasteiger partial charge in [0.1, 0.15) is 18.2 Å². The molecular weight excluding hydrogens is 371 g/mol. The van der Waals surface area contributed by atoms with Gasteiger partial charge in [0.2, 0.25) is 0 Å². The smallest absolute Gasteiger partial charge is 0.307 e. The molecule has 0 unspecified atom stereocenters. The third-order valence-electron chi connectivity index (χ3n) is 4.16. The van der Waals surface area contributed by atoms with Crippen LogP contribution in [0.25, 0.3) is 11.0 Å². The second kappa shape index (κ2) is 8.35. The zero-order valence-electron chi connectivity index (χ0n) is 15.3. The quantitative estimate of drug-likeness (QED) is 0.386. The number of para-hydroxylation sites is 2. The first-order valence-corrected chi connectivity index (χ1v) is 8.93. The van der Waals surface area contributed by atoms with Crippen molar-refractivity contribution >= 4 is 23.2 Å². The Kier molecular flexibility index (Phi) is 5.29. The highest BCUT2D eigenvalue weighted by atomic mass is 19.1. The number of carbonyl (C=O) groups is 1. The maximum Gasteiger partial charge on any atom is 0.307 e. The number of hydrazone groups is 1. The zero-order chi connectivity index (χ0) is 20.1. The van der Waals surface area contributed by atoms with E-state index < -0.39 is 5.91 Å². The largest absolute Gasteiger partial charge is 0.489 e. The number of ether oxygens (including phenoxy) is 1. The minimum absolute atomic E-state index is 0.199. The number of rotatable bonds is 6. The van der Waals surface area contributed by atoms with Gasteiger partial charge in [-0.25, -0.2) is 14.8 Å². The van der Waals surface area contributed by atoms with E-state index in [9.17, 15) is 9.18 Å².